The number of carbonyl (C=O) groups is 1. The molecule has 3 nitrogen and oxygen atoms in total. The Balaban J connectivity index is 2.60. The first-order valence-electron chi connectivity index (χ1n) is 4.69. The van der Waals surface area contributed by atoms with Crippen molar-refractivity contribution >= 4 is 5.97 Å². The minimum atomic E-state index is -0.344. The van der Waals surface area contributed by atoms with Crippen molar-refractivity contribution in [3.05, 3.63) is 42.0 Å². The number of ether oxygens (including phenoxy) is 2. The largest absolute Gasteiger partial charge is 0.496 e. The monoisotopic (exact) mass is 206 g/mol. The van der Waals surface area contributed by atoms with E-state index in [1.807, 2.05) is 24.3 Å². The zero-order chi connectivity index (χ0) is 11.1. The van der Waals surface area contributed by atoms with Gasteiger partial charge in [0.05, 0.1) is 7.11 Å². The van der Waals surface area contributed by atoms with E-state index in [0.29, 0.717) is 0 Å². The van der Waals surface area contributed by atoms with Gasteiger partial charge in [0.25, 0.3) is 0 Å². The van der Waals surface area contributed by atoms with Gasteiger partial charge in [-0.3, -0.25) is 0 Å². The standard InChI is InChI=1S/C12H14O3/c1-3-6-12(13)15-9-10-7-4-5-8-11(10)14-2/h3-8H,9H2,1-2H3. The fraction of sp³-hybridized carbons (Fsp3) is 0.250. The summed E-state index contributed by atoms with van der Waals surface area (Å²) < 4.78 is 10.1. The van der Waals surface area contributed by atoms with E-state index in [1.165, 1.54) is 6.08 Å². The molecule has 80 valence electrons. The van der Waals surface area contributed by atoms with Crippen molar-refractivity contribution in [3.8, 4) is 5.75 Å². The van der Waals surface area contributed by atoms with Gasteiger partial charge in [-0.25, -0.2) is 4.79 Å². The van der Waals surface area contributed by atoms with E-state index in [0.717, 1.165) is 11.3 Å². The molecule has 0 saturated heterocycles. The second-order valence-corrected chi connectivity index (χ2v) is 2.92. The highest BCUT2D eigenvalue weighted by Gasteiger charge is 2.03. The van der Waals surface area contributed by atoms with E-state index in [4.69, 9.17) is 9.47 Å². The topological polar surface area (TPSA) is 35.5 Å². The molecule has 1 rings (SSSR count). The van der Waals surface area contributed by atoms with Gasteiger partial charge in [0.15, 0.2) is 0 Å². The Labute approximate surface area is 89.3 Å². The van der Waals surface area contributed by atoms with Crippen molar-refractivity contribution < 1.29 is 14.3 Å². The zero-order valence-electron chi connectivity index (χ0n) is 8.90. The molecular weight excluding hydrogens is 192 g/mol. The normalized spacial score (nSPS) is 10.3. The lowest BCUT2D eigenvalue weighted by molar-refractivity contribution is -0.139. The summed E-state index contributed by atoms with van der Waals surface area (Å²) in [4.78, 5) is 11.1. The van der Waals surface area contributed by atoms with Crippen molar-refractivity contribution in [1.29, 1.82) is 0 Å². The number of hydrogen-bond acceptors (Lipinski definition) is 3. The number of hydrogen-bond donors (Lipinski definition) is 0. The predicted molar refractivity (Wildman–Crippen MR) is 57.6 cm³/mol. The van der Waals surface area contributed by atoms with Crippen LogP contribution in [0.1, 0.15) is 12.5 Å². The lowest BCUT2D eigenvalue weighted by Crippen LogP contribution is -2.01. The van der Waals surface area contributed by atoms with Crippen molar-refractivity contribution in [3.63, 3.8) is 0 Å². The van der Waals surface area contributed by atoms with Crippen LogP contribution in [0.2, 0.25) is 0 Å². The Kier molecular flexibility index (Phi) is 4.41. The van der Waals surface area contributed by atoms with Gasteiger partial charge in [0.1, 0.15) is 12.4 Å². The minimum Gasteiger partial charge on any atom is -0.496 e. The molecule has 0 aromatic heterocycles. The van der Waals surface area contributed by atoms with Gasteiger partial charge in [-0.1, -0.05) is 24.3 Å². The second kappa shape index (κ2) is 5.86. The highest BCUT2D eigenvalue weighted by Crippen LogP contribution is 2.17. The number of esters is 1. The summed E-state index contributed by atoms with van der Waals surface area (Å²) in [5.41, 5.74) is 0.859. The van der Waals surface area contributed by atoms with E-state index in [-0.39, 0.29) is 12.6 Å². The van der Waals surface area contributed by atoms with Gasteiger partial charge >= 0.3 is 5.97 Å². The lowest BCUT2D eigenvalue weighted by Gasteiger charge is -2.07. The maximum absolute atomic E-state index is 11.1. The van der Waals surface area contributed by atoms with Crippen molar-refractivity contribution in [2.24, 2.45) is 0 Å². The average molecular weight is 206 g/mol. The second-order valence-electron chi connectivity index (χ2n) is 2.92. The predicted octanol–water partition coefficient (Wildman–Crippen LogP) is 2.31. The summed E-state index contributed by atoms with van der Waals surface area (Å²) in [6.07, 6.45) is 3.03. The van der Waals surface area contributed by atoms with Gasteiger partial charge < -0.3 is 9.47 Å². The Hall–Kier alpha value is -1.77. The molecule has 0 saturated carbocycles. The minimum absolute atomic E-state index is 0.229. The molecule has 0 atom stereocenters. The van der Waals surface area contributed by atoms with E-state index >= 15 is 0 Å². The van der Waals surface area contributed by atoms with Crippen LogP contribution in [0.15, 0.2) is 36.4 Å². The Morgan fingerprint density at radius 3 is 2.80 bits per heavy atom. The third-order valence-electron chi connectivity index (χ3n) is 1.87. The van der Waals surface area contributed by atoms with Gasteiger partial charge in [0.2, 0.25) is 0 Å². The molecule has 0 amide bonds. The summed E-state index contributed by atoms with van der Waals surface area (Å²) in [6.45, 7) is 2.00. The van der Waals surface area contributed by atoms with Crippen molar-refractivity contribution in [2.45, 2.75) is 13.5 Å². The quantitative estimate of drug-likeness (QED) is 0.560. The molecule has 3 heteroatoms. The van der Waals surface area contributed by atoms with Gasteiger partial charge in [0, 0.05) is 11.6 Å². The number of methoxy groups -OCH3 is 1. The summed E-state index contributed by atoms with van der Waals surface area (Å²) in [5, 5.41) is 0. The van der Waals surface area contributed by atoms with E-state index in [9.17, 15) is 4.79 Å². The molecule has 0 N–H and O–H groups in total. The summed E-state index contributed by atoms with van der Waals surface area (Å²) in [5.74, 6) is 0.384. The smallest absolute Gasteiger partial charge is 0.330 e. The van der Waals surface area contributed by atoms with E-state index in [1.54, 1.807) is 20.1 Å². The summed E-state index contributed by atoms with van der Waals surface area (Å²) in [6, 6.07) is 7.44. The first-order chi connectivity index (χ1) is 7.27. The Morgan fingerprint density at radius 1 is 1.40 bits per heavy atom. The molecule has 0 heterocycles. The SMILES string of the molecule is CC=CC(=O)OCc1ccccc1OC. The fourth-order valence-corrected chi connectivity index (χ4v) is 1.16. The van der Waals surface area contributed by atoms with Gasteiger partial charge in [-0.2, -0.15) is 0 Å². The van der Waals surface area contributed by atoms with Crippen LogP contribution in [0.25, 0.3) is 0 Å². The van der Waals surface area contributed by atoms with Crippen LogP contribution in [-0.2, 0) is 16.1 Å². The lowest BCUT2D eigenvalue weighted by atomic mass is 10.2. The Morgan fingerprint density at radius 2 is 2.13 bits per heavy atom. The first-order valence-corrected chi connectivity index (χ1v) is 4.69. The number of allylic oxidation sites excluding steroid dienone is 1. The molecule has 0 aliphatic carbocycles. The van der Waals surface area contributed by atoms with Crippen LogP contribution < -0.4 is 4.74 Å². The average Bonchev–Trinajstić information content (AvgIpc) is 2.27. The molecule has 1 aromatic rings. The molecule has 0 aliphatic rings. The molecule has 0 bridgehead atoms. The van der Waals surface area contributed by atoms with E-state index in [2.05, 4.69) is 0 Å². The fourth-order valence-electron chi connectivity index (χ4n) is 1.16. The Bertz CT molecular complexity index is 356. The molecular formula is C12H14O3. The number of para-hydroxylation sites is 1. The molecule has 0 unspecified atom stereocenters. The van der Waals surface area contributed by atoms with Crippen LogP contribution in [0.5, 0.6) is 5.75 Å². The van der Waals surface area contributed by atoms with Crippen LogP contribution >= 0.6 is 0 Å². The van der Waals surface area contributed by atoms with Crippen LogP contribution in [-0.4, -0.2) is 13.1 Å². The maximum Gasteiger partial charge on any atom is 0.330 e. The first kappa shape index (κ1) is 11.3. The highest BCUT2D eigenvalue weighted by molar-refractivity contribution is 5.81. The molecule has 0 spiro atoms. The third kappa shape index (κ3) is 3.46. The van der Waals surface area contributed by atoms with Crippen molar-refractivity contribution in [1.82, 2.24) is 0 Å². The highest BCUT2D eigenvalue weighted by atomic mass is 16.5. The molecule has 0 aliphatic heterocycles. The number of benzene rings is 1. The van der Waals surface area contributed by atoms with Crippen molar-refractivity contribution in [2.75, 3.05) is 7.11 Å². The summed E-state index contributed by atoms with van der Waals surface area (Å²) in [7, 11) is 1.59. The molecule has 0 fully saturated rings. The third-order valence-corrected chi connectivity index (χ3v) is 1.87. The van der Waals surface area contributed by atoms with E-state index < -0.39 is 0 Å². The van der Waals surface area contributed by atoms with Crippen LogP contribution in [0.4, 0.5) is 0 Å². The molecule has 1 aromatic carbocycles. The zero-order valence-corrected chi connectivity index (χ0v) is 8.90. The maximum atomic E-state index is 11.1. The number of carbonyl (C=O) groups excluding carboxylic acids is 1. The molecule has 0 radical (unpaired) electrons. The molecule has 15 heavy (non-hydrogen) atoms. The van der Waals surface area contributed by atoms with Crippen LogP contribution in [0.3, 0.4) is 0 Å². The number of rotatable bonds is 4. The van der Waals surface area contributed by atoms with Gasteiger partial charge in [-0.15, -0.1) is 0 Å². The van der Waals surface area contributed by atoms with Crippen LogP contribution in [0, 0.1) is 0 Å². The van der Waals surface area contributed by atoms with Gasteiger partial charge in [-0.05, 0) is 13.0 Å². The summed E-state index contributed by atoms with van der Waals surface area (Å²) >= 11 is 0.